The molecule has 0 fully saturated rings. The lowest BCUT2D eigenvalue weighted by molar-refractivity contribution is -0.122. The zero-order valence-electron chi connectivity index (χ0n) is 13.4. The molecule has 0 aliphatic rings. The minimum absolute atomic E-state index is 0.0863. The first-order valence-corrected chi connectivity index (χ1v) is 8.40. The fraction of sp³-hybridized carbons (Fsp3) is 0.167. The summed E-state index contributed by atoms with van der Waals surface area (Å²) >= 11 is 11.9. The van der Waals surface area contributed by atoms with Crippen molar-refractivity contribution in [1.29, 1.82) is 0 Å². The van der Waals surface area contributed by atoms with Crippen LogP contribution in [0.2, 0.25) is 10.0 Å². The fourth-order valence-corrected chi connectivity index (χ4v) is 2.84. The van der Waals surface area contributed by atoms with E-state index in [1.54, 1.807) is 48.8 Å². The predicted molar refractivity (Wildman–Crippen MR) is 99.0 cm³/mol. The van der Waals surface area contributed by atoms with Crippen LogP contribution in [0.25, 0.3) is 10.9 Å². The van der Waals surface area contributed by atoms with Gasteiger partial charge >= 0.3 is 0 Å². The number of carbonyl (C=O) groups excluding carboxylic acids is 1. The molecule has 7 heteroatoms. The van der Waals surface area contributed by atoms with Gasteiger partial charge in [0.05, 0.1) is 16.1 Å². The Bertz CT molecular complexity index is 1000. The number of halogens is 2. The van der Waals surface area contributed by atoms with Crippen molar-refractivity contribution in [1.82, 2.24) is 14.9 Å². The quantitative estimate of drug-likeness (QED) is 0.757. The molecule has 0 aliphatic carbocycles. The molecular formula is C18H15Cl2N3O2. The first-order chi connectivity index (χ1) is 12.0. The molecule has 2 aromatic heterocycles. The molecule has 0 saturated carbocycles. The van der Waals surface area contributed by atoms with Crippen LogP contribution in [0.4, 0.5) is 0 Å². The van der Waals surface area contributed by atoms with Crippen molar-refractivity contribution in [2.45, 2.75) is 19.5 Å². The van der Waals surface area contributed by atoms with Gasteiger partial charge in [-0.05, 0) is 36.8 Å². The van der Waals surface area contributed by atoms with E-state index >= 15 is 0 Å². The molecule has 0 spiro atoms. The largest absolute Gasteiger partial charge is 0.348 e. The van der Waals surface area contributed by atoms with Crippen LogP contribution in [0.1, 0.15) is 18.5 Å². The third kappa shape index (κ3) is 3.83. The van der Waals surface area contributed by atoms with Gasteiger partial charge in [-0.25, -0.2) is 0 Å². The van der Waals surface area contributed by atoms with Gasteiger partial charge in [-0.3, -0.25) is 14.6 Å². The molecule has 0 saturated heterocycles. The minimum Gasteiger partial charge on any atom is -0.348 e. The minimum atomic E-state index is -0.296. The molecule has 1 aromatic carbocycles. The lowest BCUT2D eigenvalue weighted by Gasteiger charge is -2.15. The van der Waals surface area contributed by atoms with Crippen LogP contribution < -0.4 is 10.9 Å². The lowest BCUT2D eigenvalue weighted by atomic mass is 10.1. The Labute approximate surface area is 154 Å². The van der Waals surface area contributed by atoms with Crippen LogP contribution in [-0.2, 0) is 11.3 Å². The van der Waals surface area contributed by atoms with E-state index < -0.39 is 0 Å². The molecule has 3 aromatic rings. The molecule has 0 aliphatic heterocycles. The van der Waals surface area contributed by atoms with Gasteiger partial charge in [0.2, 0.25) is 5.91 Å². The third-order valence-corrected chi connectivity index (χ3v) is 4.61. The summed E-state index contributed by atoms with van der Waals surface area (Å²) in [5.74, 6) is -0.282. The number of hydrogen-bond donors (Lipinski definition) is 1. The second-order valence-corrected chi connectivity index (χ2v) is 6.47. The second kappa shape index (κ2) is 7.25. The van der Waals surface area contributed by atoms with Crippen molar-refractivity contribution in [3.05, 3.63) is 74.8 Å². The molecule has 1 amide bonds. The predicted octanol–water partition coefficient (Wildman–Crippen LogP) is 3.58. The van der Waals surface area contributed by atoms with Crippen LogP contribution in [0.5, 0.6) is 0 Å². The Hall–Kier alpha value is -2.37. The first-order valence-electron chi connectivity index (χ1n) is 7.64. The summed E-state index contributed by atoms with van der Waals surface area (Å²) in [6.45, 7) is 1.75. The van der Waals surface area contributed by atoms with E-state index in [1.807, 2.05) is 6.92 Å². The summed E-state index contributed by atoms with van der Waals surface area (Å²) in [5, 5.41) is 4.48. The van der Waals surface area contributed by atoms with Gasteiger partial charge in [-0.2, -0.15) is 0 Å². The first kappa shape index (κ1) is 17.5. The van der Waals surface area contributed by atoms with E-state index in [-0.39, 0.29) is 24.1 Å². The number of pyridine rings is 2. The van der Waals surface area contributed by atoms with E-state index in [4.69, 9.17) is 23.2 Å². The van der Waals surface area contributed by atoms with E-state index in [2.05, 4.69) is 10.3 Å². The Morgan fingerprint density at radius 3 is 2.80 bits per heavy atom. The third-order valence-electron chi connectivity index (χ3n) is 3.87. The Balaban J connectivity index is 1.75. The number of nitrogens with zero attached hydrogens (tertiary/aromatic N) is 2. The number of aromatic nitrogens is 2. The van der Waals surface area contributed by atoms with Crippen LogP contribution in [0, 0.1) is 0 Å². The van der Waals surface area contributed by atoms with Gasteiger partial charge in [0.1, 0.15) is 12.1 Å². The smallest absolute Gasteiger partial charge is 0.277 e. The maximum absolute atomic E-state index is 12.4. The summed E-state index contributed by atoms with van der Waals surface area (Å²) < 4.78 is 1.34. The topological polar surface area (TPSA) is 64.0 Å². The normalized spacial score (nSPS) is 12.1. The summed E-state index contributed by atoms with van der Waals surface area (Å²) in [5.41, 5.74) is 0.876. The van der Waals surface area contributed by atoms with Gasteiger partial charge in [0, 0.05) is 17.8 Å². The number of benzene rings is 1. The number of carbonyl (C=O) groups is 1. The standard InChI is InChI=1S/C18H15Cl2N3O2/c1-11(13-4-5-14(19)15(20)9-13)22-16(24)10-23-8-6-12-3-2-7-21-17(12)18(23)25/h2-9,11H,10H2,1H3,(H,22,24)/t11-/m0/s1. The summed E-state index contributed by atoms with van der Waals surface area (Å²) in [7, 11) is 0. The summed E-state index contributed by atoms with van der Waals surface area (Å²) in [6, 6.07) is 10.3. The Morgan fingerprint density at radius 2 is 2.04 bits per heavy atom. The van der Waals surface area contributed by atoms with Crippen molar-refractivity contribution >= 4 is 40.0 Å². The van der Waals surface area contributed by atoms with Gasteiger partial charge in [0.25, 0.3) is 5.56 Å². The average Bonchev–Trinajstić information content (AvgIpc) is 2.60. The number of rotatable bonds is 4. The van der Waals surface area contributed by atoms with Gasteiger partial charge in [0.15, 0.2) is 0 Å². The van der Waals surface area contributed by atoms with Crippen molar-refractivity contribution < 1.29 is 4.79 Å². The average molecular weight is 376 g/mol. The number of nitrogens with one attached hydrogen (secondary N) is 1. The molecule has 0 unspecified atom stereocenters. The van der Waals surface area contributed by atoms with E-state index in [0.29, 0.717) is 15.6 Å². The monoisotopic (exact) mass is 375 g/mol. The highest BCUT2D eigenvalue weighted by Crippen LogP contribution is 2.25. The van der Waals surface area contributed by atoms with Gasteiger partial charge in [-0.15, -0.1) is 0 Å². The van der Waals surface area contributed by atoms with Gasteiger partial charge in [-0.1, -0.05) is 35.3 Å². The molecular weight excluding hydrogens is 361 g/mol. The Morgan fingerprint density at radius 1 is 1.24 bits per heavy atom. The van der Waals surface area contributed by atoms with Crippen molar-refractivity contribution in [2.24, 2.45) is 0 Å². The summed E-state index contributed by atoms with van der Waals surface area (Å²) in [6.07, 6.45) is 3.15. The molecule has 2 heterocycles. The van der Waals surface area contributed by atoms with Crippen LogP contribution >= 0.6 is 23.2 Å². The maximum Gasteiger partial charge on any atom is 0.277 e. The van der Waals surface area contributed by atoms with Gasteiger partial charge < -0.3 is 9.88 Å². The van der Waals surface area contributed by atoms with E-state index in [1.165, 1.54) is 4.57 Å². The fourth-order valence-electron chi connectivity index (χ4n) is 2.54. The molecule has 25 heavy (non-hydrogen) atoms. The van der Waals surface area contributed by atoms with Crippen molar-refractivity contribution in [3.8, 4) is 0 Å². The van der Waals surface area contributed by atoms with E-state index in [0.717, 1.165) is 10.9 Å². The molecule has 3 rings (SSSR count). The Kier molecular flexibility index (Phi) is 5.06. The van der Waals surface area contributed by atoms with Crippen LogP contribution in [0.15, 0.2) is 53.6 Å². The number of hydrogen-bond acceptors (Lipinski definition) is 3. The SMILES string of the molecule is C[C@H](NC(=O)Cn1ccc2cccnc2c1=O)c1ccc(Cl)c(Cl)c1. The second-order valence-electron chi connectivity index (χ2n) is 5.65. The highest BCUT2D eigenvalue weighted by molar-refractivity contribution is 6.42. The summed E-state index contributed by atoms with van der Waals surface area (Å²) in [4.78, 5) is 28.8. The van der Waals surface area contributed by atoms with Crippen LogP contribution in [0.3, 0.4) is 0 Å². The zero-order chi connectivity index (χ0) is 18.0. The molecule has 5 nitrogen and oxygen atoms in total. The lowest BCUT2D eigenvalue weighted by Crippen LogP contribution is -2.33. The molecule has 128 valence electrons. The van der Waals surface area contributed by atoms with Crippen molar-refractivity contribution in [2.75, 3.05) is 0 Å². The molecule has 1 N–H and O–H groups in total. The number of fused-ring (bicyclic) bond motifs is 1. The highest BCUT2D eigenvalue weighted by Gasteiger charge is 2.13. The van der Waals surface area contributed by atoms with Crippen LogP contribution in [-0.4, -0.2) is 15.5 Å². The maximum atomic E-state index is 12.4. The molecule has 0 bridgehead atoms. The number of amides is 1. The van der Waals surface area contributed by atoms with Crippen molar-refractivity contribution in [3.63, 3.8) is 0 Å². The molecule has 1 atom stereocenters. The zero-order valence-corrected chi connectivity index (χ0v) is 14.9. The highest BCUT2D eigenvalue weighted by atomic mass is 35.5. The van der Waals surface area contributed by atoms with E-state index in [9.17, 15) is 9.59 Å². The molecule has 0 radical (unpaired) electrons.